The third kappa shape index (κ3) is 4.09. The molecule has 0 radical (unpaired) electrons. The zero-order chi connectivity index (χ0) is 19.5. The van der Waals surface area contributed by atoms with Gasteiger partial charge in [-0.05, 0) is 44.0 Å². The molecule has 2 aromatic heterocycles. The molecule has 1 fully saturated rings. The summed E-state index contributed by atoms with van der Waals surface area (Å²) in [5.41, 5.74) is 2.33. The number of carbonyl (C=O) groups excluding carboxylic acids is 1. The van der Waals surface area contributed by atoms with Crippen LogP contribution < -0.4 is 5.32 Å². The molecule has 8 heteroatoms. The molecule has 1 aliphatic carbocycles. The number of aromatic nitrogens is 4. The number of nitrogens with zero attached hydrogens (tertiary/aromatic N) is 4. The maximum Gasteiger partial charge on any atom is 0.316 e. The molecule has 146 valence electrons. The molecule has 2 heterocycles. The fraction of sp³-hybridized carbons (Fsp3) is 0.400. The van der Waals surface area contributed by atoms with Crippen molar-refractivity contribution in [2.24, 2.45) is 0 Å². The molecule has 0 saturated heterocycles. The van der Waals surface area contributed by atoms with Crippen molar-refractivity contribution < 1.29 is 9.32 Å². The Morgan fingerprint density at radius 1 is 1.18 bits per heavy atom. The summed E-state index contributed by atoms with van der Waals surface area (Å²) in [5.74, 6) is 0.0232. The van der Waals surface area contributed by atoms with Crippen molar-refractivity contribution >= 4 is 17.5 Å². The number of aryl methyl sites for hydroxylation is 1. The van der Waals surface area contributed by atoms with Crippen molar-refractivity contribution in [3.63, 3.8) is 0 Å². The molecule has 0 spiro atoms. The molecule has 1 aliphatic rings. The normalized spacial score (nSPS) is 15.4. The first-order valence-electron chi connectivity index (χ1n) is 9.57. The second-order valence-electron chi connectivity index (χ2n) is 7.13. The van der Waals surface area contributed by atoms with E-state index in [-0.39, 0.29) is 17.8 Å². The van der Waals surface area contributed by atoms with Gasteiger partial charge in [-0.25, -0.2) is 4.68 Å². The average Bonchev–Trinajstić information content (AvgIpc) is 3.23. The number of amides is 1. The highest BCUT2D eigenvalue weighted by Gasteiger charge is 2.22. The number of rotatable bonds is 4. The minimum absolute atomic E-state index is 0.0158. The van der Waals surface area contributed by atoms with Crippen molar-refractivity contribution in [3.8, 4) is 17.1 Å². The van der Waals surface area contributed by atoms with Crippen LogP contribution in [0.15, 0.2) is 35.0 Å². The molecule has 4 rings (SSSR count). The van der Waals surface area contributed by atoms with Gasteiger partial charge >= 0.3 is 11.8 Å². The van der Waals surface area contributed by atoms with Gasteiger partial charge in [0.2, 0.25) is 5.82 Å². The van der Waals surface area contributed by atoms with Crippen LogP contribution in [0.2, 0.25) is 5.02 Å². The van der Waals surface area contributed by atoms with Gasteiger partial charge in [-0.15, -0.1) is 0 Å². The topological polar surface area (TPSA) is 85.8 Å². The summed E-state index contributed by atoms with van der Waals surface area (Å²) in [6, 6.07) is 7.54. The molecule has 7 nitrogen and oxygen atoms in total. The van der Waals surface area contributed by atoms with Gasteiger partial charge in [0.1, 0.15) is 0 Å². The van der Waals surface area contributed by atoms with Gasteiger partial charge in [0.25, 0.3) is 0 Å². The zero-order valence-electron chi connectivity index (χ0n) is 15.7. The molecule has 0 atom stereocenters. The Balaban J connectivity index is 1.51. The fourth-order valence-corrected chi connectivity index (χ4v) is 3.63. The molecule has 1 N–H and O–H groups in total. The van der Waals surface area contributed by atoms with Crippen molar-refractivity contribution in [2.75, 3.05) is 0 Å². The van der Waals surface area contributed by atoms with Crippen molar-refractivity contribution in [2.45, 2.75) is 51.5 Å². The molecule has 0 unspecified atom stereocenters. The minimum Gasteiger partial charge on any atom is -0.345 e. The minimum atomic E-state index is -0.312. The second kappa shape index (κ2) is 8.14. The number of benzene rings is 1. The molecule has 1 saturated carbocycles. The molecule has 0 aliphatic heterocycles. The van der Waals surface area contributed by atoms with E-state index in [0.29, 0.717) is 16.4 Å². The van der Waals surface area contributed by atoms with Crippen molar-refractivity contribution in [1.29, 1.82) is 0 Å². The Kier molecular flexibility index (Phi) is 5.43. The Bertz CT molecular complexity index is 955. The number of hydrogen-bond acceptors (Lipinski definition) is 5. The van der Waals surface area contributed by atoms with Crippen LogP contribution in [0, 0.1) is 6.92 Å². The average molecular weight is 400 g/mol. The quantitative estimate of drug-likeness (QED) is 0.659. The van der Waals surface area contributed by atoms with Gasteiger partial charge in [0.15, 0.2) is 0 Å². The van der Waals surface area contributed by atoms with Gasteiger partial charge in [-0.3, -0.25) is 4.79 Å². The molecule has 1 aromatic carbocycles. The summed E-state index contributed by atoms with van der Waals surface area (Å²) in [6.07, 6.45) is 8.56. The number of carbonyl (C=O) groups is 1. The summed E-state index contributed by atoms with van der Waals surface area (Å²) >= 11 is 5.94. The van der Waals surface area contributed by atoms with Crippen LogP contribution in [0.5, 0.6) is 0 Å². The summed E-state index contributed by atoms with van der Waals surface area (Å²) in [6.45, 7) is 1.86. The molecule has 3 aromatic rings. The molecule has 1 amide bonds. The number of halogens is 1. The first-order chi connectivity index (χ1) is 13.6. The molecular formula is C20H22ClN5O2. The van der Waals surface area contributed by atoms with E-state index in [1.807, 2.05) is 25.3 Å². The number of nitrogens with one attached hydrogen (secondary N) is 1. The lowest BCUT2D eigenvalue weighted by molar-refractivity contribution is 0.0889. The van der Waals surface area contributed by atoms with Gasteiger partial charge in [0.05, 0.1) is 16.9 Å². The van der Waals surface area contributed by atoms with Crippen LogP contribution in [0.4, 0.5) is 0 Å². The van der Waals surface area contributed by atoms with E-state index < -0.39 is 0 Å². The van der Waals surface area contributed by atoms with Crippen LogP contribution in [0.25, 0.3) is 17.1 Å². The standard InChI is InChI=1S/C20H22ClN5O2/c1-13-17(12-26(24-13)16-10-8-14(21)9-11-16)18-23-20(28-25-18)19(27)22-15-6-4-2-3-5-7-15/h8-12,15H,2-7H2,1H3,(H,22,27). The van der Waals surface area contributed by atoms with Crippen molar-refractivity contribution in [1.82, 2.24) is 25.2 Å². The summed E-state index contributed by atoms with van der Waals surface area (Å²) in [4.78, 5) is 16.8. The largest absolute Gasteiger partial charge is 0.345 e. The maximum atomic E-state index is 12.5. The fourth-order valence-electron chi connectivity index (χ4n) is 3.50. The molecule has 0 bridgehead atoms. The Labute approximate surface area is 168 Å². The molecule has 28 heavy (non-hydrogen) atoms. The predicted octanol–water partition coefficient (Wildman–Crippen LogP) is 4.34. The maximum absolute atomic E-state index is 12.5. The van der Waals surface area contributed by atoms with Crippen LogP contribution in [-0.2, 0) is 0 Å². The first-order valence-corrected chi connectivity index (χ1v) is 9.95. The monoisotopic (exact) mass is 399 g/mol. The van der Waals surface area contributed by atoms with E-state index in [0.717, 1.165) is 37.1 Å². The van der Waals surface area contributed by atoms with Gasteiger partial charge in [-0.1, -0.05) is 42.4 Å². The van der Waals surface area contributed by atoms with E-state index in [1.165, 1.54) is 12.8 Å². The SMILES string of the molecule is Cc1nn(-c2ccc(Cl)cc2)cc1-c1noc(C(=O)NC2CCCCCC2)n1. The summed E-state index contributed by atoms with van der Waals surface area (Å²) in [5, 5.41) is 12.2. The zero-order valence-corrected chi connectivity index (χ0v) is 16.4. The van der Waals surface area contributed by atoms with Gasteiger partial charge < -0.3 is 9.84 Å². The van der Waals surface area contributed by atoms with Gasteiger partial charge in [-0.2, -0.15) is 10.1 Å². The second-order valence-corrected chi connectivity index (χ2v) is 7.57. The highest BCUT2D eigenvalue weighted by atomic mass is 35.5. The Morgan fingerprint density at radius 3 is 2.61 bits per heavy atom. The highest BCUT2D eigenvalue weighted by molar-refractivity contribution is 6.30. The van der Waals surface area contributed by atoms with Gasteiger partial charge in [0, 0.05) is 17.3 Å². The lowest BCUT2D eigenvalue weighted by Crippen LogP contribution is -2.34. The first kappa shape index (κ1) is 18.7. The Hall–Kier alpha value is -2.67. The third-order valence-corrected chi connectivity index (χ3v) is 5.29. The lowest BCUT2D eigenvalue weighted by atomic mass is 10.1. The summed E-state index contributed by atoms with van der Waals surface area (Å²) < 4.78 is 6.94. The van der Waals surface area contributed by atoms with E-state index in [2.05, 4.69) is 20.6 Å². The Morgan fingerprint density at radius 2 is 1.89 bits per heavy atom. The van der Waals surface area contributed by atoms with Crippen LogP contribution in [-0.4, -0.2) is 31.9 Å². The highest BCUT2D eigenvalue weighted by Crippen LogP contribution is 2.23. The van der Waals surface area contributed by atoms with E-state index in [4.69, 9.17) is 16.1 Å². The van der Waals surface area contributed by atoms with E-state index in [9.17, 15) is 4.79 Å². The van der Waals surface area contributed by atoms with Crippen LogP contribution in [0.3, 0.4) is 0 Å². The predicted molar refractivity (Wildman–Crippen MR) is 106 cm³/mol. The number of hydrogen-bond donors (Lipinski definition) is 1. The summed E-state index contributed by atoms with van der Waals surface area (Å²) in [7, 11) is 0. The van der Waals surface area contributed by atoms with E-state index in [1.54, 1.807) is 16.8 Å². The van der Waals surface area contributed by atoms with Crippen LogP contribution in [0.1, 0.15) is 54.9 Å². The lowest BCUT2D eigenvalue weighted by Gasteiger charge is -2.14. The van der Waals surface area contributed by atoms with Crippen LogP contribution >= 0.6 is 11.6 Å². The smallest absolute Gasteiger partial charge is 0.316 e. The van der Waals surface area contributed by atoms with E-state index >= 15 is 0 Å². The molecular weight excluding hydrogens is 378 g/mol. The third-order valence-electron chi connectivity index (χ3n) is 5.04. The van der Waals surface area contributed by atoms with Crippen molar-refractivity contribution in [3.05, 3.63) is 47.1 Å².